The van der Waals surface area contributed by atoms with Crippen molar-refractivity contribution in [1.82, 2.24) is 14.9 Å². The van der Waals surface area contributed by atoms with E-state index in [2.05, 4.69) is 47.9 Å². The molecule has 1 heterocycles. The summed E-state index contributed by atoms with van der Waals surface area (Å²) in [5.41, 5.74) is 1.04. The highest BCUT2D eigenvalue weighted by Gasteiger charge is 2.11. The maximum absolute atomic E-state index is 4.47. The van der Waals surface area contributed by atoms with Crippen molar-refractivity contribution in [3.05, 3.63) is 18.1 Å². The van der Waals surface area contributed by atoms with E-state index in [1.54, 1.807) is 0 Å². The van der Waals surface area contributed by atoms with Crippen LogP contribution in [0.3, 0.4) is 0 Å². The van der Waals surface area contributed by atoms with Gasteiger partial charge in [0.1, 0.15) is 5.82 Å². The zero-order valence-electron chi connectivity index (χ0n) is 12.1. The molecule has 1 atom stereocenters. The molecule has 0 amide bonds. The molecule has 0 spiro atoms. The minimum atomic E-state index is 0.592. The monoisotopic (exact) mass is 250 g/mol. The zero-order chi connectivity index (χ0) is 13.4. The molecular weight excluding hydrogens is 224 g/mol. The minimum absolute atomic E-state index is 0.592. The molecule has 0 aromatic carbocycles. The second kappa shape index (κ2) is 8.03. The lowest BCUT2D eigenvalue weighted by molar-refractivity contribution is 0.203. The van der Waals surface area contributed by atoms with Gasteiger partial charge in [-0.2, -0.15) is 0 Å². The summed E-state index contributed by atoms with van der Waals surface area (Å²) in [5.74, 6) is 0.868. The maximum atomic E-state index is 4.47. The van der Waals surface area contributed by atoms with E-state index < -0.39 is 0 Å². The highest BCUT2D eigenvalue weighted by molar-refractivity contribution is 5.30. The van der Waals surface area contributed by atoms with Crippen molar-refractivity contribution < 1.29 is 0 Å². The van der Waals surface area contributed by atoms with Crippen LogP contribution in [0, 0.1) is 0 Å². The largest absolute Gasteiger partial charge is 0.369 e. The molecule has 4 heteroatoms. The van der Waals surface area contributed by atoms with E-state index in [1.165, 1.54) is 0 Å². The van der Waals surface area contributed by atoms with Gasteiger partial charge in [-0.05, 0) is 26.3 Å². The van der Waals surface area contributed by atoms with Gasteiger partial charge in [-0.1, -0.05) is 20.8 Å². The molecule has 4 nitrogen and oxygen atoms in total. The predicted molar refractivity (Wildman–Crippen MR) is 76.6 cm³/mol. The molecule has 18 heavy (non-hydrogen) atoms. The summed E-state index contributed by atoms with van der Waals surface area (Å²) < 4.78 is 0. The number of aromatic nitrogens is 2. The molecule has 0 aliphatic rings. The Bertz CT molecular complexity index is 323. The first-order valence-corrected chi connectivity index (χ1v) is 7.00. The van der Waals surface area contributed by atoms with Gasteiger partial charge in [0.15, 0.2) is 0 Å². The van der Waals surface area contributed by atoms with Gasteiger partial charge in [0, 0.05) is 19.1 Å². The normalized spacial score (nSPS) is 12.7. The van der Waals surface area contributed by atoms with Gasteiger partial charge in [0.05, 0.1) is 18.1 Å². The average molecular weight is 250 g/mol. The minimum Gasteiger partial charge on any atom is -0.369 e. The Morgan fingerprint density at radius 1 is 1.22 bits per heavy atom. The highest BCUT2D eigenvalue weighted by Crippen LogP contribution is 2.09. The fourth-order valence-electron chi connectivity index (χ4n) is 1.83. The topological polar surface area (TPSA) is 41.1 Å². The summed E-state index contributed by atoms with van der Waals surface area (Å²) >= 11 is 0. The van der Waals surface area contributed by atoms with Crippen LogP contribution in [0.4, 0.5) is 5.82 Å². The molecular formula is C14H26N4. The van der Waals surface area contributed by atoms with Gasteiger partial charge in [-0.3, -0.25) is 9.88 Å². The second-order valence-electron chi connectivity index (χ2n) is 4.64. The molecule has 102 valence electrons. The summed E-state index contributed by atoms with van der Waals surface area (Å²) in [5, 5.41) is 3.24. The van der Waals surface area contributed by atoms with Crippen LogP contribution in [0.2, 0.25) is 0 Å². The summed E-state index contributed by atoms with van der Waals surface area (Å²) in [6.45, 7) is 11.7. The lowest BCUT2D eigenvalue weighted by Gasteiger charge is -2.26. The van der Waals surface area contributed by atoms with Crippen LogP contribution in [0.25, 0.3) is 0 Å². The summed E-state index contributed by atoms with van der Waals surface area (Å²) in [4.78, 5) is 11.3. The van der Waals surface area contributed by atoms with Gasteiger partial charge in [0.2, 0.25) is 0 Å². The first-order valence-electron chi connectivity index (χ1n) is 7.00. The van der Waals surface area contributed by atoms with E-state index in [9.17, 15) is 0 Å². The number of rotatable bonds is 8. The van der Waals surface area contributed by atoms with Crippen LogP contribution in [0.15, 0.2) is 12.4 Å². The van der Waals surface area contributed by atoms with E-state index in [0.717, 1.165) is 44.0 Å². The molecule has 0 fully saturated rings. The third-order valence-electron chi connectivity index (χ3n) is 3.25. The molecule has 0 saturated carbocycles. The van der Waals surface area contributed by atoms with Crippen LogP contribution >= 0.6 is 0 Å². The van der Waals surface area contributed by atoms with Crippen molar-refractivity contribution >= 4 is 5.82 Å². The van der Waals surface area contributed by atoms with Gasteiger partial charge >= 0.3 is 0 Å². The second-order valence-corrected chi connectivity index (χ2v) is 4.64. The van der Waals surface area contributed by atoms with Gasteiger partial charge in [0.25, 0.3) is 0 Å². The standard InChI is InChI=1S/C14H26N4/c1-5-8-15-14-10-16-13(9-17-14)11-18(7-3)12(4)6-2/h9-10,12H,5-8,11H2,1-4H3,(H,15,17). The number of nitrogens with zero attached hydrogens (tertiary/aromatic N) is 3. The summed E-state index contributed by atoms with van der Waals surface area (Å²) in [7, 11) is 0. The smallest absolute Gasteiger partial charge is 0.144 e. The maximum Gasteiger partial charge on any atom is 0.144 e. The van der Waals surface area contributed by atoms with Gasteiger partial charge in [-0.25, -0.2) is 4.98 Å². The molecule has 1 rings (SSSR count). The molecule has 0 radical (unpaired) electrons. The Hall–Kier alpha value is -1.16. The molecule has 1 N–H and O–H groups in total. The van der Waals surface area contributed by atoms with Crippen molar-refractivity contribution in [3.63, 3.8) is 0 Å². The number of hydrogen-bond acceptors (Lipinski definition) is 4. The van der Waals surface area contributed by atoms with Crippen LogP contribution in [0.5, 0.6) is 0 Å². The van der Waals surface area contributed by atoms with E-state index in [4.69, 9.17) is 0 Å². The summed E-state index contributed by atoms with van der Waals surface area (Å²) in [6, 6.07) is 0.592. The third-order valence-corrected chi connectivity index (χ3v) is 3.25. The number of hydrogen-bond donors (Lipinski definition) is 1. The Morgan fingerprint density at radius 3 is 2.50 bits per heavy atom. The van der Waals surface area contributed by atoms with Crippen molar-refractivity contribution in [2.45, 2.75) is 53.1 Å². The lowest BCUT2D eigenvalue weighted by Crippen LogP contribution is -2.32. The number of anilines is 1. The van der Waals surface area contributed by atoms with E-state index >= 15 is 0 Å². The van der Waals surface area contributed by atoms with Crippen molar-refractivity contribution in [2.24, 2.45) is 0 Å². The van der Waals surface area contributed by atoms with Gasteiger partial charge in [-0.15, -0.1) is 0 Å². The Morgan fingerprint density at radius 2 is 2.00 bits per heavy atom. The van der Waals surface area contributed by atoms with Crippen LogP contribution < -0.4 is 5.32 Å². The van der Waals surface area contributed by atoms with Crippen molar-refractivity contribution in [3.8, 4) is 0 Å². The zero-order valence-corrected chi connectivity index (χ0v) is 12.1. The van der Waals surface area contributed by atoms with Gasteiger partial charge < -0.3 is 5.32 Å². The molecule has 0 aliphatic carbocycles. The summed E-state index contributed by atoms with van der Waals surface area (Å²) in [6.07, 6.45) is 5.97. The van der Waals surface area contributed by atoms with Crippen LogP contribution in [-0.4, -0.2) is 34.0 Å². The first-order chi connectivity index (χ1) is 8.71. The Kier molecular flexibility index (Phi) is 6.65. The molecule has 1 aromatic rings. The molecule has 1 unspecified atom stereocenters. The van der Waals surface area contributed by atoms with Crippen LogP contribution in [0.1, 0.15) is 46.2 Å². The fourth-order valence-corrected chi connectivity index (χ4v) is 1.83. The average Bonchev–Trinajstić information content (AvgIpc) is 2.43. The van der Waals surface area contributed by atoms with E-state index in [0.29, 0.717) is 6.04 Å². The fraction of sp³-hybridized carbons (Fsp3) is 0.714. The van der Waals surface area contributed by atoms with Crippen molar-refractivity contribution in [1.29, 1.82) is 0 Å². The molecule has 0 saturated heterocycles. The lowest BCUT2D eigenvalue weighted by atomic mass is 10.2. The molecule has 0 aliphatic heterocycles. The SMILES string of the molecule is CCCNc1cnc(CN(CC)C(C)CC)cn1. The number of nitrogens with one attached hydrogen (secondary N) is 1. The Balaban J connectivity index is 2.56. The quantitative estimate of drug-likeness (QED) is 0.770. The Labute approximate surface area is 111 Å². The highest BCUT2D eigenvalue weighted by atomic mass is 15.2. The predicted octanol–water partition coefficient (Wildman–Crippen LogP) is 2.92. The van der Waals surface area contributed by atoms with E-state index in [1.807, 2.05) is 12.4 Å². The van der Waals surface area contributed by atoms with Crippen LogP contribution in [-0.2, 0) is 6.54 Å². The molecule has 0 bridgehead atoms. The van der Waals surface area contributed by atoms with Crippen molar-refractivity contribution in [2.75, 3.05) is 18.4 Å². The van der Waals surface area contributed by atoms with E-state index in [-0.39, 0.29) is 0 Å². The molecule has 1 aromatic heterocycles. The first kappa shape index (κ1) is 14.9. The third kappa shape index (κ3) is 4.61.